The van der Waals surface area contributed by atoms with E-state index in [1.165, 1.54) is 45.3 Å². The molecule has 122 valence electrons. The number of likely N-dealkylation sites (tertiary alicyclic amines) is 2. The Morgan fingerprint density at radius 2 is 1.71 bits per heavy atom. The van der Waals surface area contributed by atoms with Crippen LogP contribution in [0.25, 0.3) is 0 Å². The average Bonchev–Trinajstić information content (AvgIpc) is 2.35. The third kappa shape index (κ3) is 4.45. The van der Waals surface area contributed by atoms with E-state index in [0.29, 0.717) is 16.7 Å². The topological polar surface area (TPSA) is 23.6 Å². The van der Waals surface area contributed by atoms with E-state index in [-0.39, 0.29) is 5.92 Å². The largest absolute Gasteiger partial charge is 0.342 e. The molecular weight excluding hydrogens is 260 g/mol. The second-order valence-electron chi connectivity index (χ2n) is 8.85. The maximum Gasteiger partial charge on any atom is 0.225 e. The summed E-state index contributed by atoms with van der Waals surface area (Å²) in [7, 11) is 0. The Kier molecular flexibility index (Phi) is 5.02. The van der Waals surface area contributed by atoms with Crippen LogP contribution >= 0.6 is 0 Å². The minimum atomic E-state index is 0.148. The Labute approximate surface area is 131 Å². The molecule has 0 aliphatic carbocycles. The number of hydrogen-bond acceptors (Lipinski definition) is 2. The van der Waals surface area contributed by atoms with E-state index in [1.807, 2.05) is 13.8 Å². The van der Waals surface area contributed by atoms with Gasteiger partial charge >= 0.3 is 0 Å². The molecule has 0 unspecified atom stereocenters. The quantitative estimate of drug-likeness (QED) is 0.793. The smallest absolute Gasteiger partial charge is 0.225 e. The van der Waals surface area contributed by atoms with Crippen LogP contribution in [0.5, 0.6) is 0 Å². The fourth-order valence-electron chi connectivity index (χ4n) is 3.78. The minimum Gasteiger partial charge on any atom is -0.342 e. The van der Waals surface area contributed by atoms with E-state index in [9.17, 15) is 4.79 Å². The lowest BCUT2D eigenvalue weighted by Gasteiger charge is -2.54. The van der Waals surface area contributed by atoms with Gasteiger partial charge in [-0.25, -0.2) is 0 Å². The first-order valence-electron chi connectivity index (χ1n) is 8.72. The van der Waals surface area contributed by atoms with Gasteiger partial charge in [0.2, 0.25) is 5.91 Å². The summed E-state index contributed by atoms with van der Waals surface area (Å²) in [5.74, 6) is 0.487. The Morgan fingerprint density at radius 3 is 2.19 bits per heavy atom. The van der Waals surface area contributed by atoms with E-state index in [2.05, 4.69) is 30.6 Å². The highest BCUT2D eigenvalue weighted by atomic mass is 16.2. The van der Waals surface area contributed by atoms with Crippen molar-refractivity contribution in [3.63, 3.8) is 0 Å². The van der Waals surface area contributed by atoms with Gasteiger partial charge in [-0.05, 0) is 43.1 Å². The number of piperidine rings is 1. The number of rotatable bonds is 4. The molecule has 1 amide bonds. The summed E-state index contributed by atoms with van der Waals surface area (Å²) >= 11 is 0. The Morgan fingerprint density at radius 1 is 1.14 bits per heavy atom. The van der Waals surface area contributed by atoms with E-state index in [0.717, 1.165) is 13.1 Å². The second kappa shape index (κ2) is 6.28. The summed E-state index contributed by atoms with van der Waals surface area (Å²) in [4.78, 5) is 16.7. The molecule has 0 aromatic carbocycles. The molecule has 0 radical (unpaired) electrons. The van der Waals surface area contributed by atoms with Gasteiger partial charge in [-0.3, -0.25) is 4.79 Å². The molecule has 2 rings (SSSR count). The summed E-state index contributed by atoms with van der Waals surface area (Å²) in [6, 6.07) is 0. The van der Waals surface area contributed by atoms with Crippen molar-refractivity contribution in [1.82, 2.24) is 9.80 Å². The lowest BCUT2D eigenvalue weighted by atomic mass is 9.71. The van der Waals surface area contributed by atoms with Gasteiger partial charge in [0.05, 0.1) is 0 Å². The summed E-state index contributed by atoms with van der Waals surface area (Å²) in [5, 5.41) is 0. The fourth-order valence-corrected chi connectivity index (χ4v) is 3.78. The second-order valence-corrected chi connectivity index (χ2v) is 8.85. The van der Waals surface area contributed by atoms with Crippen molar-refractivity contribution in [3.8, 4) is 0 Å². The monoisotopic (exact) mass is 294 g/mol. The number of carbonyl (C=O) groups excluding carboxylic acids is 1. The Hall–Kier alpha value is -0.570. The van der Waals surface area contributed by atoms with Crippen molar-refractivity contribution in [2.75, 3.05) is 32.7 Å². The normalized spacial score (nSPS) is 22.7. The highest BCUT2D eigenvalue weighted by Crippen LogP contribution is 2.40. The van der Waals surface area contributed by atoms with Gasteiger partial charge < -0.3 is 9.80 Å². The zero-order chi connectivity index (χ0) is 15.7. The molecule has 0 aromatic heterocycles. The first-order valence-corrected chi connectivity index (χ1v) is 8.72. The molecule has 0 N–H and O–H groups in total. The van der Waals surface area contributed by atoms with Crippen LogP contribution in [0, 0.1) is 16.7 Å². The van der Waals surface area contributed by atoms with Crippen molar-refractivity contribution in [2.24, 2.45) is 16.7 Å². The Bertz CT molecular complexity index is 354. The zero-order valence-corrected chi connectivity index (χ0v) is 14.7. The highest BCUT2D eigenvalue weighted by molar-refractivity contribution is 5.78. The molecule has 3 heteroatoms. The summed E-state index contributed by atoms with van der Waals surface area (Å²) in [6.07, 6.45) is 5.05. The standard InChI is InChI=1S/C18H34N2O/c1-15(2)16(21)20-11-8-18(9-12-20)13-19(14-18)10-6-7-17(3,4)5/h15H,6-14H2,1-5H3. The zero-order valence-electron chi connectivity index (χ0n) is 14.7. The minimum absolute atomic E-state index is 0.148. The van der Waals surface area contributed by atoms with Gasteiger partial charge in [0.25, 0.3) is 0 Å². The highest BCUT2D eigenvalue weighted by Gasteiger charge is 2.45. The third-order valence-corrected chi connectivity index (χ3v) is 5.15. The van der Waals surface area contributed by atoms with Gasteiger partial charge in [0, 0.05) is 32.1 Å². The van der Waals surface area contributed by atoms with Gasteiger partial charge in [0.15, 0.2) is 0 Å². The van der Waals surface area contributed by atoms with Gasteiger partial charge in [-0.15, -0.1) is 0 Å². The van der Waals surface area contributed by atoms with Crippen LogP contribution < -0.4 is 0 Å². The number of amides is 1. The van der Waals surface area contributed by atoms with Crippen LogP contribution in [-0.4, -0.2) is 48.4 Å². The third-order valence-electron chi connectivity index (χ3n) is 5.15. The average molecular weight is 294 g/mol. The SMILES string of the molecule is CC(C)C(=O)N1CCC2(CC1)CN(CCCC(C)(C)C)C2. The molecular formula is C18H34N2O. The molecule has 2 aliphatic heterocycles. The maximum absolute atomic E-state index is 12.0. The van der Waals surface area contributed by atoms with E-state index in [4.69, 9.17) is 0 Å². The lowest BCUT2D eigenvalue weighted by molar-refractivity contribution is -0.139. The van der Waals surface area contributed by atoms with E-state index < -0.39 is 0 Å². The van der Waals surface area contributed by atoms with Crippen LogP contribution in [0.3, 0.4) is 0 Å². The molecule has 2 aliphatic rings. The van der Waals surface area contributed by atoms with E-state index >= 15 is 0 Å². The van der Waals surface area contributed by atoms with Gasteiger partial charge in [-0.2, -0.15) is 0 Å². The predicted molar refractivity (Wildman–Crippen MR) is 88.2 cm³/mol. The first-order chi connectivity index (χ1) is 9.71. The van der Waals surface area contributed by atoms with Crippen LogP contribution in [0.2, 0.25) is 0 Å². The number of hydrogen-bond donors (Lipinski definition) is 0. The van der Waals surface area contributed by atoms with Gasteiger partial charge in [0.1, 0.15) is 0 Å². The molecule has 3 nitrogen and oxygen atoms in total. The molecule has 1 spiro atoms. The van der Waals surface area contributed by atoms with Gasteiger partial charge in [-0.1, -0.05) is 34.6 Å². The number of nitrogens with zero attached hydrogens (tertiary/aromatic N) is 2. The molecule has 0 atom stereocenters. The summed E-state index contributed by atoms with van der Waals surface area (Å²) in [5.41, 5.74) is 1.00. The van der Waals surface area contributed by atoms with Crippen molar-refractivity contribution >= 4 is 5.91 Å². The fraction of sp³-hybridized carbons (Fsp3) is 0.944. The first kappa shape index (κ1) is 16.8. The molecule has 0 aromatic rings. The van der Waals surface area contributed by atoms with Crippen molar-refractivity contribution in [3.05, 3.63) is 0 Å². The molecule has 0 bridgehead atoms. The van der Waals surface area contributed by atoms with Crippen LogP contribution in [0.4, 0.5) is 0 Å². The van der Waals surface area contributed by atoms with Crippen molar-refractivity contribution < 1.29 is 4.79 Å². The van der Waals surface area contributed by atoms with Crippen molar-refractivity contribution in [1.29, 1.82) is 0 Å². The van der Waals surface area contributed by atoms with Crippen LogP contribution in [0.15, 0.2) is 0 Å². The molecule has 2 fully saturated rings. The molecule has 0 saturated carbocycles. The Balaban J connectivity index is 1.67. The van der Waals surface area contributed by atoms with Crippen molar-refractivity contribution in [2.45, 2.75) is 60.3 Å². The summed E-state index contributed by atoms with van der Waals surface area (Å²) < 4.78 is 0. The van der Waals surface area contributed by atoms with Crippen LogP contribution in [-0.2, 0) is 4.79 Å². The summed E-state index contributed by atoms with van der Waals surface area (Å²) in [6.45, 7) is 16.7. The maximum atomic E-state index is 12.0. The van der Waals surface area contributed by atoms with Crippen LogP contribution in [0.1, 0.15) is 60.3 Å². The molecule has 2 heterocycles. The molecule has 2 saturated heterocycles. The predicted octanol–water partition coefficient (Wildman–Crippen LogP) is 3.39. The van der Waals surface area contributed by atoms with E-state index in [1.54, 1.807) is 0 Å². The molecule has 21 heavy (non-hydrogen) atoms. The number of carbonyl (C=O) groups is 1. The lowest BCUT2D eigenvalue weighted by Crippen LogP contribution is -2.61.